The van der Waals surface area contributed by atoms with Crippen LogP contribution in [-0.2, 0) is 11.2 Å². The predicted octanol–water partition coefficient (Wildman–Crippen LogP) is 3.63. The van der Waals surface area contributed by atoms with Crippen LogP contribution in [-0.4, -0.2) is 21.8 Å². The second-order valence-electron chi connectivity index (χ2n) is 5.55. The van der Waals surface area contributed by atoms with Crippen molar-refractivity contribution < 1.29 is 4.79 Å². The fourth-order valence-electron chi connectivity index (χ4n) is 2.94. The zero-order valence-corrected chi connectivity index (χ0v) is 13.6. The summed E-state index contributed by atoms with van der Waals surface area (Å²) in [5.41, 5.74) is 3.99. The number of pyridine rings is 1. The van der Waals surface area contributed by atoms with E-state index in [4.69, 9.17) is 0 Å². The molecule has 1 amide bonds. The van der Waals surface area contributed by atoms with Gasteiger partial charge >= 0.3 is 0 Å². The van der Waals surface area contributed by atoms with E-state index in [-0.39, 0.29) is 5.91 Å². The molecule has 0 atom stereocenters. The number of amides is 1. The number of aromatic nitrogens is 2. The Bertz CT molecular complexity index is 808. The lowest BCUT2D eigenvalue weighted by Crippen LogP contribution is -2.30. The van der Waals surface area contributed by atoms with Crippen molar-refractivity contribution >= 4 is 17.2 Å². The average molecular weight is 307 g/mol. The van der Waals surface area contributed by atoms with Gasteiger partial charge in [-0.05, 0) is 44.5 Å². The summed E-state index contributed by atoms with van der Waals surface area (Å²) in [7, 11) is 0. The van der Waals surface area contributed by atoms with Crippen molar-refractivity contribution in [2.24, 2.45) is 0 Å². The number of fused-ring (bicyclic) bond motifs is 1. The van der Waals surface area contributed by atoms with Crippen LogP contribution in [0.5, 0.6) is 0 Å². The highest BCUT2D eigenvalue weighted by Gasteiger charge is 2.16. The predicted molar refractivity (Wildman–Crippen MR) is 92.7 cm³/mol. The molecule has 0 radical (unpaired) electrons. The molecular weight excluding hydrogens is 286 g/mol. The highest BCUT2D eigenvalue weighted by molar-refractivity contribution is 5.93. The van der Waals surface area contributed by atoms with Gasteiger partial charge in [0, 0.05) is 30.5 Å². The average Bonchev–Trinajstić information content (AvgIpc) is 2.90. The van der Waals surface area contributed by atoms with Crippen LogP contribution in [0.15, 0.2) is 54.7 Å². The molecule has 23 heavy (non-hydrogen) atoms. The van der Waals surface area contributed by atoms with E-state index in [1.807, 2.05) is 73.5 Å². The van der Waals surface area contributed by atoms with E-state index in [1.54, 1.807) is 0 Å². The molecule has 0 aliphatic rings. The number of imidazole rings is 1. The first-order valence-electron chi connectivity index (χ1n) is 7.98. The minimum absolute atomic E-state index is 0.143. The second-order valence-corrected chi connectivity index (χ2v) is 5.55. The van der Waals surface area contributed by atoms with Crippen LogP contribution in [0.1, 0.15) is 24.7 Å². The van der Waals surface area contributed by atoms with Gasteiger partial charge in [-0.3, -0.25) is 4.79 Å². The number of carbonyl (C=O) groups is 1. The molecule has 0 aliphatic heterocycles. The summed E-state index contributed by atoms with van der Waals surface area (Å²) < 4.78 is 2.07. The minimum atomic E-state index is 0.143. The highest BCUT2D eigenvalue weighted by Crippen LogP contribution is 2.17. The molecule has 0 bridgehead atoms. The normalized spacial score (nSPS) is 10.9. The number of rotatable bonds is 5. The monoisotopic (exact) mass is 307 g/mol. The van der Waals surface area contributed by atoms with Gasteiger partial charge < -0.3 is 9.30 Å². The molecule has 4 nitrogen and oxygen atoms in total. The Hall–Kier alpha value is -2.62. The third-order valence-corrected chi connectivity index (χ3v) is 4.09. The molecule has 0 saturated carbocycles. The fraction of sp³-hybridized carbons (Fsp3) is 0.263. The summed E-state index contributed by atoms with van der Waals surface area (Å²) >= 11 is 0. The molecule has 0 N–H and O–H groups in total. The van der Waals surface area contributed by atoms with E-state index in [1.165, 1.54) is 0 Å². The van der Waals surface area contributed by atoms with Crippen molar-refractivity contribution in [1.29, 1.82) is 0 Å². The van der Waals surface area contributed by atoms with Crippen molar-refractivity contribution in [1.82, 2.24) is 9.38 Å². The number of carbonyl (C=O) groups excluding carboxylic acids is 1. The van der Waals surface area contributed by atoms with Gasteiger partial charge in [0.1, 0.15) is 5.65 Å². The smallest absolute Gasteiger partial charge is 0.227 e. The number of aryl methyl sites for hydroxylation is 2. The highest BCUT2D eigenvalue weighted by atomic mass is 16.2. The second kappa shape index (κ2) is 6.65. The zero-order valence-electron chi connectivity index (χ0n) is 13.6. The quantitative estimate of drug-likeness (QED) is 0.722. The lowest BCUT2D eigenvalue weighted by molar-refractivity contribution is -0.118. The summed E-state index contributed by atoms with van der Waals surface area (Å²) in [4.78, 5) is 19.0. The largest absolute Gasteiger partial charge is 0.313 e. The Kier molecular flexibility index (Phi) is 4.42. The van der Waals surface area contributed by atoms with Gasteiger partial charge in [0.15, 0.2) is 0 Å². The number of nitrogens with zero attached hydrogens (tertiary/aromatic N) is 3. The number of hydrogen-bond donors (Lipinski definition) is 0. The van der Waals surface area contributed by atoms with Crippen LogP contribution in [0.2, 0.25) is 0 Å². The number of hydrogen-bond acceptors (Lipinski definition) is 2. The van der Waals surface area contributed by atoms with Crippen molar-refractivity contribution in [2.75, 3.05) is 11.4 Å². The zero-order chi connectivity index (χ0) is 16.2. The first kappa shape index (κ1) is 15.3. The standard InChI is InChI=1S/C19H21N3O/c1-3-21(16-9-5-4-6-10-16)19(23)13-12-17-15(2)20-18-11-7-8-14-22(17)18/h4-11,14H,3,12-13H2,1-2H3. The van der Waals surface area contributed by atoms with Gasteiger partial charge in [-0.2, -0.15) is 0 Å². The van der Waals surface area contributed by atoms with Gasteiger partial charge in [0.2, 0.25) is 5.91 Å². The molecule has 0 saturated heterocycles. The van der Waals surface area contributed by atoms with Gasteiger partial charge in [0.05, 0.1) is 5.69 Å². The molecule has 0 spiro atoms. The Morgan fingerprint density at radius 1 is 1.13 bits per heavy atom. The topological polar surface area (TPSA) is 37.6 Å². The number of benzene rings is 1. The van der Waals surface area contributed by atoms with Crippen LogP contribution in [0, 0.1) is 6.92 Å². The summed E-state index contributed by atoms with van der Waals surface area (Å²) in [6.07, 6.45) is 3.18. The molecule has 4 heteroatoms. The van der Waals surface area contributed by atoms with Crippen LogP contribution in [0.4, 0.5) is 5.69 Å². The lowest BCUT2D eigenvalue weighted by Gasteiger charge is -2.21. The van der Waals surface area contributed by atoms with Crippen molar-refractivity contribution in [3.8, 4) is 0 Å². The maximum absolute atomic E-state index is 12.6. The third kappa shape index (κ3) is 3.11. The van der Waals surface area contributed by atoms with E-state index in [0.29, 0.717) is 19.4 Å². The van der Waals surface area contributed by atoms with Gasteiger partial charge in [-0.1, -0.05) is 24.3 Å². The molecule has 3 aromatic rings. The Morgan fingerprint density at radius 2 is 1.87 bits per heavy atom. The van der Waals surface area contributed by atoms with Crippen molar-refractivity contribution in [2.45, 2.75) is 26.7 Å². The molecule has 2 heterocycles. The molecule has 118 valence electrons. The first-order valence-corrected chi connectivity index (χ1v) is 7.98. The number of anilines is 1. The van der Waals surface area contributed by atoms with Crippen LogP contribution in [0.3, 0.4) is 0 Å². The van der Waals surface area contributed by atoms with Crippen LogP contribution in [0.25, 0.3) is 5.65 Å². The molecule has 1 aromatic carbocycles. The molecule has 0 aliphatic carbocycles. The third-order valence-electron chi connectivity index (χ3n) is 4.09. The maximum atomic E-state index is 12.6. The molecule has 2 aromatic heterocycles. The lowest BCUT2D eigenvalue weighted by atomic mass is 10.1. The SMILES string of the molecule is CCN(C(=O)CCc1c(C)nc2ccccn12)c1ccccc1. The fourth-order valence-corrected chi connectivity index (χ4v) is 2.94. The molecule has 0 fully saturated rings. The van der Waals surface area contributed by atoms with E-state index in [0.717, 1.165) is 22.7 Å². The first-order chi connectivity index (χ1) is 11.2. The van der Waals surface area contributed by atoms with Gasteiger partial charge in [0.25, 0.3) is 0 Å². The summed E-state index contributed by atoms with van der Waals surface area (Å²) in [6, 6.07) is 15.8. The minimum Gasteiger partial charge on any atom is -0.313 e. The summed E-state index contributed by atoms with van der Waals surface area (Å²) in [6.45, 7) is 4.68. The van der Waals surface area contributed by atoms with Crippen molar-refractivity contribution in [3.05, 3.63) is 66.1 Å². The molecular formula is C19H21N3O. The Balaban J connectivity index is 1.76. The van der Waals surface area contributed by atoms with Crippen LogP contribution >= 0.6 is 0 Å². The van der Waals surface area contributed by atoms with E-state index in [9.17, 15) is 4.79 Å². The van der Waals surface area contributed by atoms with E-state index >= 15 is 0 Å². The summed E-state index contributed by atoms with van der Waals surface area (Å²) in [5.74, 6) is 0.143. The molecule has 0 unspecified atom stereocenters. The Labute approximate surface area is 136 Å². The van der Waals surface area contributed by atoms with Crippen molar-refractivity contribution in [3.63, 3.8) is 0 Å². The Morgan fingerprint density at radius 3 is 2.61 bits per heavy atom. The van der Waals surface area contributed by atoms with E-state index < -0.39 is 0 Å². The molecule has 3 rings (SSSR count). The van der Waals surface area contributed by atoms with Gasteiger partial charge in [-0.15, -0.1) is 0 Å². The van der Waals surface area contributed by atoms with E-state index in [2.05, 4.69) is 9.38 Å². The maximum Gasteiger partial charge on any atom is 0.227 e. The summed E-state index contributed by atoms with van der Waals surface area (Å²) in [5, 5.41) is 0. The van der Waals surface area contributed by atoms with Crippen LogP contribution < -0.4 is 4.90 Å². The van der Waals surface area contributed by atoms with Gasteiger partial charge in [-0.25, -0.2) is 4.98 Å². The number of para-hydroxylation sites is 1.